The summed E-state index contributed by atoms with van der Waals surface area (Å²) in [6.07, 6.45) is 2.43. The van der Waals surface area contributed by atoms with Gasteiger partial charge >= 0.3 is 5.97 Å². The van der Waals surface area contributed by atoms with Crippen molar-refractivity contribution < 1.29 is 22.7 Å². The van der Waals surface area contributed by atoms with Gasteiger partial charge in [0.25, 0.3) is 0 Å². The lowest BCUT2D eigenvalue weighted by atomic mass is 10.0. The number of rotatable bonds is 6. The minimum atomic E-state index is -3.52. The summed E-state index contributed by atoms with van der Waals surface area (Å²) in [7, 11) is -2.30. The topological polar surface area (TPSA) is 102 Å². The summed E-state index contributed by atoms with van der Waals surface area (Å²) < 4.78 is 30.1. The molecule has 0 saturated carbocycles. The van der Waals surface area contributed by atoms with Gasteiger partial charge in [-0.05, 0) is 53.1 Å². The van der Waals surface area contributed by atoms with Gasteiger partial charge in [-0.15, -0.1) is 0 Å². The third-order valence-electron chi connectivity index (χ3n) is 4.54. The zero-order valence-corrected chi connectivity index (χ0v) is 18.1. The van der Waals surface area contributed by atoms with E-state index in [1.165, 1.54) is 31.4 Å². The van der Waals surface area contributed by atoms with Gasteiger partial charge in [0.2, 0.25) is 15.9 Å². The average Bonchev–Trinajstić information content (AvgIpc) is 2.71. The largest absolute Gasteiger partial charge is 0.465 e. The van der Waals surface area contributed by atoms with Crippen LogP contribution in [0, 0.1) is 0 Å². The van der Waals surface area contributed by atoms with Gasteiger partial charge < -0.3 is 10.1 Å². The number of anilines is 2. The highest BCUT2D eigenvalue weighted by molar-refractivity contribution is 7.92. The van der Waals surface area contributed by atoms with Crippen LogP contribution in [0.15, 0.2) is 66.7 Å². The quantitative estimate of drug-likeness (QED) is 0.447. The molecule has 0 aromatic heterocycles. The van der Waals surface area contributed by atoms with Crippen molar-refractivity contribution >= 4 is 49.6 Å². The second kappa shape index (κ2) is 9.01. The molecule has 0 fully saturated rings. The zero-order valence-electron chi connectivity index (χ0n) is 17.3. The molecule has 0 spiro atoms. The fourth-order valence-electron chi connectivity index (χ4n) is 3.10. The maximum absolute atomic E-state index is 12.6. The van der Waals surface area contributed by atoms with Crippen molar-refractivity contribution in [3.05, 3.63) is 77.9 Å². The van der Waals surface area contributed by atoms with Gasteiger partial charge in [0.05, 0.1) is 30.3 Å². The Morgan fingerprint density at radius 3 is 2.35 bits per heavy atom. The maximum Gasteiger partial charge on any atom is 0.339 e. The van der Waals surface area contributed by atoms with Crippen LogP contribution < -0.4 is 10.0 Å². The molecule has 0 unspecified atom stereocenters. The first kappa shape index (κ1) is 22.0. The number of hydrogen-bond donors (Lipinski definition) is 2. The number of benzene rings is 3. The molecule has 0 radical (unpaired) electrons. The molecule has 160 valence electrons. The predicted molar refractivity (Wildman–Crippen MR) is 122 cm³/mol. The first-order valence-electron chi connectivity index (χ1n) is 9.35. The van der Waals surface area contributed by atoms with E-state index in [9.17, 15) is 18.0 Å². The van der Waals surface area contributed by atoms with Crippen molar-refractivity contribution in [3.8, 4) is 0 Å². The lowest BCUT2D eigenvalue weighted by Crippen LogP contribution is -2.15. The summed E-state index contributed by atoms with van der Waals surface area (Å²) in [5.74, 6) is -1.12. The highest BCUT2D eigenvalue weighted by Gasteiger charge is 2.15. The highest BCUT2D eigenvalue weighted by atomic mass is 32.2. The van der Waals surface area contributed by atoms with E-state index in [2.05, 4.69) is 10.0 Å². The van der Waals surface area contributed by atoms with Gasteiger partial charge in [-0.2, -0.15) is 0 Å². The van der Waals surface area contributed by atoms with Crippen LogP contribution in [0.2, 0.25) is 0 Å². The lowest BCUT2D eigenvalue weighted by molar-refractivity contribution is -0.111. The molecule has 1 amide bonds. The zero-order chi connectivity index (χ0) is 22.6. The summed E-state index contributed by atoms with van der Waals surface area (Å²) in [6.45, 7) is 1.81. The molecule has 2 N–H and O–H groups in total. The van der Waals surface area contributed by atoms with Gasteiger partial charge in [-0.1, -0.05) is 36.4 Å². The van der Waals surface area contributed by atoms with Crippen LogP contribution >= 0.6 is 0 Å². The van der Waals surface area contributed by atoms with Crippen molar-refractivity contribution in [2.75, 3.05) is 23.4 Å². The number of esters is 1. The number of hydrogen-bond acceptors (Lipinski definition) is 5. The molecule has 0 aliphatic carbocycles. The van der Waals surface area contributed by atoms with Crippen LogP contribution in [-0.4, -0.2) is 33.7 Å². The van der Waals surface area contributed by atoms with E-state index < -0.39 is 21.9 Å². The number of nitrogens with one attached hydrogen (secondary N) is 2. The molecule has 3 aromatic carbocycles. The molecule has 31 heavy (non-hydrogen) atoms. The minimum absolute atomic E-state index is 0.103. The Labute approximate surface area is 180 Å². The van der Waals surface area contributed by atoms with Crippen LogP contribution in [-0.2, 0) is 19.6 Å². The standard InChI is InChI=1S/C23H22N2O5S/c1-15(17-9-8-16-6-4-5-7-18(16)13-17)12-22(26)24-21-14-19(25-31(3,28)29)10-11-20(21)23(27)30-2/h4-14,25H,1-3H3,(H,24,26)/b15-12-. The third-order valence-corrected chi connectivity index (χ3v) is 5.14. The summed E-state index contributed by atoms with van der Waals surface area (Å²) in [5, 5.41) is 4.79. The normalized spacial score (nSPS) is 11.8. The van der Waals surface area contributed by atoms with Crippen LogP contribution in [0.25, 0.3) is 16.3 Å². The molecule has 3 rings (SSSR count). The summed E-state index contributed by atoms with van der Waals surface area (Å²) in [5.41, 5.74) is 2.06. The Balaban J connectivity index is 1.89. The fraction of sp³-hybridized carbons (Fsp3) is 0.130. The number of allylic oxidation sites excluding steroid dienone is 1. The van der Waals surface area contributed by atoms with E-state index in [0.717, 1.165) is 28.2 Å². The smallest absolute Gasteiger partial charge is 0.339 e. The Bertz CT molecular complexity index is 1300. The maximum atomic E-state index is 12.6. The monoisotopic (exact) mass is 438 g/mol. The number of methoxy groups -OCH3 is 1. The molecule has 8 heteroatoms. The number of sulfonamides is 1. The van der Waals surface area contributed by atoms with Crippen LogP contribution in [0.3, 0.4) is 0 Å². The second-order valence-corrected chi connectivity index (χ2v) is 8.75. The van der Waals surface area contributed by atoms with Crippen LogP contribution in [0.1, 0.15) is 22.8 Å². The first-order chi connectivity index (χ1) is 14.7. The Hall–Kier alpha value is -3.65. The molecule has 3 aromatic rings. The van der Waals surface area contributed by atoms with Gasteiger partial charge in [0, 0.05) is 6.08 Å². The second-order valence-electron chi connectivity index (χ2n) is 7.00. The summed E-state index contributed by atoms with van der Waals surface area (Å²) >= 11 is 0. The van der Waals surface area contributed by atoms with Gasteiger partial charge in [0.1, 0.15) is 0 Å². The number of fused-ring (bicyclic) bond motifs is 1. The van der Waals surface area contributed by atoms with E-state index in [-0.39, 0.29) is 16.9 Å². The van der Waals surface area contributed by atoms with Crippen LogP contribution in [0.4, 0.5) is 11.4 Å². The van der Waals surface area contributed by atoms with E-state index in [1.54, 1.807) is 0 Å². The summed E-state index contributed by atoms with van der Waals surface area (Å²) in [4.78, 5) is 24.7. The fourth-order valence-corrected chi connectivity index (χ4v) is 3.65. The Morgan fingerprint density at radius 1 is 0.968 bits per heavy atom. The Morgan fingerprint density at radius 2 is 1.68 bits per heavy atom. The molecule has 0 saturated heterocycles. The molecular formula is C23H22N2O5S. The number of amides is 1. The van der Waals surface area contributed by atoms with E-state index in [4.69, 9.17) is 4.74 Å². The lowest BCUT2D eigenvalue weighted by Gasteiger charge is -2.12. The molecule has 0 aliphatic heterocycles. The Kier molecular flexibility index (Phi) is 6.41. The van der Waals surface area contributed by atoms with Gasteiger partial charge in [-0.25, -0.2) is 13.2 Å². The predicted octanol–water partition coefficient (Wildman–Crippen LogP) is 4.04. The minimum Gasteiger partial charge on any atom is -0.465 e. The average molecular weight is 439 g/mol. The first-order valence-corrected chi connectivity index (χ1v) is 11.2. The molecule has 7 nitrogen and oxygen atoms in total. The third kappa shape index (κ3) is 5.70. The van der Waals surface area contributed by atoms with Crippen LogP contribution in [0.5, 0.6) is 0 Å². The number of ether oxygens (including phenoxy) is 1. The van der Waals surface area contributed by atoms with Crippen molar-refractivity contribution in [2.45, 2.75) is 6.92 Å². The number of carbonyl (C=O) groups excluding carboxylic acids is 2. The molecule has 0 aliphatic rings. The van der Waals surface area contributed by atoms with Crippen molar-refractivity contribution in [1.82, 2.24) is 0 Å². The molecular weight excluding hydrogens is 416 g/mol. The molecule has 0 atom stereocenters. The molecule has 0 heterocycles. The number of carbonyl (C=O) groups is 2. The van der Waals surface area contributed by atoms with Crippen molar-refractivity contribution in [1.29, 1.82) is 0 Å². The SMILES string of the molecule is COC(=O)c1ccc(NS(C)(=O)=O)cc1NC(=O)/C=C(/C)c1ccc2ccccc2c1. The van der Waals surface area contributed by atoms with Crippen molar-refractivity contribution in [2.24, 2.45) is 0 Å². The van der Waals surface area contributed by atoms with E-state index >= 15 is 0 Å². The highest BCUT2D eigenvalue weighted by Crippen LogP contribution is 2.24. The summed E-state index contributed by atoms with van der Waals surface area (Å²) in [6, 6.07) is 18.0. The van der Waals surface area contributed by atoms with E-state index in [0.29, 0.717) is 0 Å². The van der Waals surface area contributed by atoms with Gasteiger partial charge in [-0.3, -0.25) is 9.52 Å². The van der Waals surface area contributed by atoms with Crippen molar-refractivity contribution in [3.63, 3.8) is 0 Å². The molecule has 0 bridgehead atoms. The van der Waals surface area contributed by atoms with Gasteiger partial charge in [0.15, 0.2) is 0 Å². The van der Waals surface area contributed by atoms with E-state index in [1.807, 2.05) is 49.4 Å².